The maximum atomic E-state index is 12.3. The van der Waals surface area contributed by atoms with E-state index in [-0.39, 0.29) is 23.8 Å². The molecule has 2 atom stereocenters. The lowest BCUT2D eigenvalue weighted by atomic mass is 9.95. The first-order valence-corrected chi connectivity index (χ1v) is 14.3. The van der Waals surface area contributed by atoms with Gasteiger partial charge in [-0.1, -0.05) is 50.9 Å². The van der Waals surface area contributed by atoms with Gasteiger partial charge in [-0.3, -0.25) is 0 Å². The molecule has 0 aliphatic carbocycles. The smallest absolute Gasteiger partial charge is 0.329 e. The average molecular weight is 564 g/mol. The molecule has 2 aromatic carbocycles. The molecule has 2 aliphatic heterocycles. The molecule has 0 fully saturated rings. The van der Waals surface area contributed by atoms with E-state index in [4.69, 9.17) is 27.9 Å². The summed E-state index contributed by atoms with van der Waals surface area (Å²) in [6, 6.07) is 10.9. The fraction of sp³-hybridized carbons (Fsp3) is 0.533. The Balaban J connectivity index is 0.000000212. The third-order valence-electron chi connectivity index (χ3n) is 7.11. The number of esters is 1. The first-order valence-electron chi connectivity index (χ1n) is 13.5. The number of ether oxygens (including phenoxy) is 1. The normalized spacial score (nSPS) is 16.2. The van der Waals surface area contributed by atoms with Crippen LogP contribution in [0, 0.1) is 11.8 Å². The van der Waals surface area contributed by atoms with Gasteiger partial charge in [-0.15, -0.1) is 0 Å². The monoisotopic (exact) mass is 562 g/mol. The summed E-state index contributed by atoms with van der Waals surface area (Å²) in [7, 11) is 0. The molecule has 8 heteroatoms. The molecule has 208 valence electrons. The molecule has 0 radical (unpaired) electrons. The van der Waals surface area contributed by atoms with Gasteiger partial charge < -0.3 is 19.6 Å². The number of carboxylic acid groups (broad SMARTS) is 1. The molecule has 0 spiro atoms. The van der Waals surface area contributed by atoms with Crippen LogP contribution in [0.1, 0.15) is 58.6 Å². The first kappa shape index (κ1) is 30.1. The molecule has 1 N–H and O–H groups in total. The third-order valence-corrected chi connectivity index (χ3v) is 7.58. The minimum Gasteiger partial charge on any atom is -0.480 e. The fourth-order valence-corrected chi connectivity index (χ4v) is 5.92. The Labute approximate surface area is 236 Å². The predicted molar refractivity (Wildman–Crippen MR) is 156 cm³/mol. The van der Waals surface area contributed by atoms with Crippen LogP contribution in [0.15, 0.2) is 36.4 Å². The summed E-state index contributed by atoms with van der Waals surface area (Å²) in [5.74, 6) is -0.613. The SMILES string of the molecule is CC(C)[C@@H](C(=O)O)N1CCCc2cc(Cl)ccc21.CCOC(=O)[C@H](C(C)C)N1CCCc2cc(Cl)ccc21. The van der Waals surface area contributed by atoms with Gasteiger partial charge in [0.25, 0.3) is 0 Å². The summed E-state index contributed by atoms with van der Waals surface area (Å²) < 4.78 is 5.25. The number of hydrogen-bond acceptors (Lipinski definition) is 5. The number of fused-ring (bicyclic) bond motifs is 2. The number of carbonyl (C=O) groups excluding carboxylic acids is 1. The van der Waals surface area contributed by atoms with Crippen LogP contribution in [0.3, 0.4) is 0 Å². The first-order chi connectivity index (χ1) is 18.0. The Morgan fingerprint density at radius 1 is 0.842 bits per heavy atom. The number of rotatable bonds is 7. The predicted octanol–water partition coefficient (Wildman–Crippen LogP) is 6.88. The molecule has 4 rings (SSSR count). The van der Waals surface area contributed by atoms with Crippen molar-refractivity contribution in [3.63, 3.8) is 0 Å². The van der Waals surface area contributed by atoms with E-state index in [0.717, 1.165) is 60.7 Å². The molecule has 2 aromatic rings. The third kappa shape index (κ3) is 7.15. The van der Waals surface area contributed by atoms with Crippen LogP contribution in [0.5, 0.6) is 0 Å². The van der Waals surface area contributed by atoms with Crippen LogP contribution in [0.4, 0.5) is 11.4 Å². The summed E-state index contributed by atoms with van der Waals surface area (Å²) in [6.45, 7) is 12.0. The molecule has 0 amide bonds. The fourth-order valence-electron chi connectivity index (χ4n) is 5.53. The van der Waals surface area contributed by atoms with Crippen molar-refractivity contribution in [2.75, 3.05) is 29.5 Å². The number of benzene rings is 2. The maximum Gasteiger partial charge on any atom is 0.329 e. The van der Waals surface area contributed by atoms with Crippen LogP contribution < -0.4 is 9.80 Å². The van der Waals surface area contributed by atoms with E-state index in [2.05, 4.69) is 18.7 Å². The van der Waals surface area contributed by atoms with Gasteiger partial charge in [0.05, 0.1) is 6.61 Å². The van der Waals surface area contributed by atoms with Crippen molar-refractivity contribution in [2.45, 2.75) is 72.4 Å². The van der Waals surface area contributed by atoms with E-state index in [1.807, 2.05) is 62.1 Å². The summed E-state index contributed by atoms with van der Waals surface area (Å²) in [4.78, 5) is 27.9. The van der Waals surface area contributed by atoms with E-state index in [1.165, 1.54) is 5.56 Å². The quantitative estimate of drug-likeness (QED) is 0.371. The highest BCUT2D eigenvalue weighted by molar-refractivity contribution is 6.31. The minimum absolute atomic E-state index is 0.0733. The van der Waals surface area contributed by atoms with E-state index < -0.39 is 12.0 Å². The standard InChI is InChI=1S/C16H22ClNO2.C14H18ClNO2/c1-4-20-16(19)15(11(2)3)18-9-5-6-12-10-13(17)7-8-14(12)18;1-9(2)13(14(17)18)16-7-3-4-10-8-11(15)5-6-12(10)16/h7-8,10-11,15H,4-6,9H2,1-3H3;5-6,8-9,13H,3-4,7H2,1-2H3,(H,17,18)/t15-;13-/m00/s1. The highest BCUT2D eigenvalue weighted by atomic mass is 35.5. The molecule has 2 aliphatic rings. The van der Waals surface area contributed by atoms with Crippen LogP contribution in [0.2, 0.25) is 10.0 Å². The number of aryl methyl sites for hydroxylation is 2. The lowest BCUT2D eigenvalue weighted by molar-refractivity contribution is -0.146. The van der Waals surface area contributed by atoms with Crippen molar-refractivity contribution >= 4 is 46.5 Å². The Bertz CT molecular complexity index is 1120. The van der Waals surface area contributed by atoms with Gasteiger partial charge in [0.2, 0.25) is 0 Å². The number of aliphatic carboxylic acids is 1. The zero-order chi connectivity index (χ0) is 28.0. The Kier molecular flexibility index (Phi) is 10.8. The second kappa shape index (κ2) is 13.6. The second-order valence-electron chi connectivity index (χ2n) is 10.6. The zero-order valence-corrected chi connectivity index (χ0v) is 24.6. The Morgan fingerprint density at radius 3 is 1.68 bits per heavy atom. The summed E-state index contributed by atoms with van der Waals surface area (Å²) in [6.07, 6.45) is 4.00. The molecule has 0 bridgehead atoms. The van der Waals surface area contributed by atoms with Crippen molar-refractivity contribution in [3.8, 4) is 0 Å². The number of carbonyl (C=O) groups is 2. The summed E-state index contributed by atoms with van der Waals surface area (Å²) >= 11 is 12.1. The van der Waals surface area contributed by atoms with Gasteiger partial charge in [-0.25, -0.2) is 9.59 Å². The van der Waals surface area contributed by atoms with Crippen molar-refractivity contribution in [1.82, 2.24) is 0 Å². The number of hydrogen-bond donors (Lipinski definition) is 1. The van der Waals surface area contributed by atoms with E-state index in [9.17, 15) is 14.7 Å². The van der Waals surface area contributed by atoms with E-state index in [0.29, 0.717) is 11.6 Å². The van der Waals surface area contributed by atoms with E-state index >= 15 is 0 Å². The van der Waals surface area contributed by atoms with Gasteiger partial charge in [0, 0.05) is 34.5 Å². The largest absolute Gasteiger partial charge is 0.480 e. The van der Waals surface area contributed by atoms with Crippen molar-refractivity contribution < 1.29 is 19.4 Å². The van der Waals surface area contributed by atoms with E-state index in [1.54, 1.807) is 0 Å². The molecular formula is C30H40Cl2N2O4. The zero-order valence-electron chi connectivity index (χ0n) is 23.0. The second-order valence-corrected chi connectivity index (χ2v) is 11.5. The maximum absolute atomic E-state index is 12.3. The lowest BCUT2D eigenvalue weighted by Gasteiger charge is -2.38. The van der Waals surface area contributed by atoms with Crippen molar-refractivity contribution in [3.05, 3.63) is 57.6 Å². The molecule has 0 saturated carbocycles. The highest BCUT2D eigenvalue weighted by Crippen LogP contribution is 2.34. The van der Waals surface area contributed by atoms with Gasteiger partial charge in [-0.05, 0) is 92.0 Å². The van der Waals surface area contributed by atoms with Gasteiger partial charge >= 0.3 is 11.9 Å². The molecule has 6 nitrogen and oxygen atoms in total. The summed E-state index contributed by atoms with van der Waals surface area (Å²) in [5.41, 5.74) is 4.51. The van der Waals surface area contributed by atoms with Crippen LogP contribution >= 0.6 is 23.2 Å². The molecule has 0 unspecified atom stereocenters. The molecular weight excluding hydrogens is 523 g/mol. The number of carboxylic acids is 1. The van der Waals surface area contributed by atoms with Crippen LogP contribution in [-0.2, 0) is 27.2 Å². The Hall–Kier alpha value is -2.44. The summed E-state index contributed by atoms with van der Waals surface area (Å²) in [5, 5.41) is 10.9. The Morgan fingerprint density at radius 2 is 1.29 bits per heavy atom. The topological polar surface area (TPSA) is 70.1 Å². The molecule has 0 saturated heterocycles. The highest BCUT2D eigenvalue weighted by Gasteiger charge is 2.33. The lowest BCUT2D eigenvalue weighted by Crippen LogP contribution is -2.48. The van der Waals surface area contributed by atoms with Crippen molar-refractivity contribution in [1.29, 1.82) is 0 Å². The molecule has 2 heterocycles. The minimum atomic E-state index is -0.757. The van der Waals surface area contributed by atoms with Gasteiger partial charge in [0.1, 0.15) is 12.1 Å². The van der Waals surface area contributed by atoms with Crippen LogP contribution in [0.25, 0.3) is 0 Å². The number of anilines is 2. The van der Waals surface area contributed by atoms with Gasteiger partial charge in [0.15, 0.2) is 0 Å². The number of halogens is 2. The number of nitrogens with zero attached hydrogens (tertiary/aromatic N) is 2. The molecule has 38 heavy (non-hydrogen) atoms. The van der Waals surface area contributed by atoms with Crippen LogP contribution in [-0.4, -0.2) is 48.8 Å². The molecule has 0 aromatic heterocycles. The van der Waals surface area contributed by atoms with Gasteiger partial charge in [-0.2, -0.15) is 0 Å². The van der Waals surface area contributed by atoms with Crippen molar-refractivity contribution in [2.24, 2.45) is 11.8 Å². The average Bonchev–Trinajstić information content (AvgIpc) is 2.84.